The highest BCUT2D eigenvalue weighted by molar-refractivity contribution is 4.93. The van der Waals surface area contributed by atoms with Crippen LogP contribution in [-0.2, 0) is 0 Å². The second-order valence-corrected chi connectivity index (χ2v) is 7.39. The predicted octanol–water partition coefficient (Wildman–Crippen LogP) is 6.21. The molecule has 0 aromatic carbocycles. The lowest BCUT2D eigenvalue weighted by molar-refractivity contribution is 0.121. The van der Waals surface area contributed by atoms with Gasteiger partial charge in [-0.2, -0.15) is 0 Å². The van der Waals surface area contributed by atoms with Crippen molar-refractivity contribution in [2.45, 2.75) is 105 Å². The van der Waals surface area contributed by atoms with Crippen molar-refractivity contribution in [3.63, 3.8) is 0 Å². The van der Waals surface area contributed by atoms with Gasteiger partial charge in [0.1, 0.15) is 0 Å². The molecule has 0 aromatic heterocycles. The summed E-state index contributed by atoms with van der Waals surface area (Å²) in [5, 5.41) is 0. The van der Waals surface area contributed by atoms with Crippen molar-refractivity contribution in [2.24, 2.45) is 5.92 Å². The van der Waals surface area contributed by atoms with Gasteiger partial charge in [0.05, 0.1) is 0 Å². The van der Waals surface area contributed by atoms with Gasteiger partial charge in [-0.1, -0.05) is 73.6 Å². The number of hydrogen-bond acceptors (Lipinski definition) is 2. The molecule has 2 aliphatic heterocycles. The third-order valence-electron chi connectivity index (χ3n) is 5.10. The van der Waals surface area contributed by atoms with E-state index in [1.165, 1.54) is 90.5 Å². The van der Waals surface area contributed by atoms with Gasteiger partial charge in [-0.05, 0) is 51.2 Å². The zero-order chi connectivity index (χ0) is 18.2. The minimum absolute atomic E-state index is 0.896. The van der Waals surface area contributed by atoms with Gasteiger partial charge in [0.2, 0.25) is 0 Å². The van der Waals surface area contributed by atoms with E-state index in [1.54, 1.807) is 0 Å². The van der Waals surface area contributed by atoms with Crippen molar-refractivity contribution in [3.05, 3.63) is 0 Å². The summed E-state index contributed by atoms with van der Waals surface area (Å²) in [4.78, 5) is 5.58. The third kappa shape index (κ3) is 9.42. The number of nitrogens with zero attached hydrogens (tertiary/aromatic N) is 2. The molecular formula is C22H48N2. The van der Waals surface area contributed by atoms with Gasteiger partial charge >= 0.3 is 0 Å². The Morgan fingerprint density at radius 1 is 0.792 bits per heavy atom. The van der Waals surface area contributed by atoms with Gasteiger partial charge < -0.3 is 4.90 Å². The molecule has 146 valence electrons. The van der Waals surface area contributed by atoms with Gasteiger partial charge in [0, 0.05) is 19.1 Å². The van der Waals surface area contributed by atoms with Crippen molar-refractivity contribution < 1.29 is 0 Å². The summed E-state index contributed by atoms with van der Waals surface area (Å²) in [6.45, 7) is 19.7. The minimum atomic E-state index is 0.896. The van der Waals surface area contributed by atoms with E-state index in [0.717, 1.165) is 12.0 Å². The van der Waals surface area contributed by atoms with E-state index in [-0.39, 0.29) is 0 Å². The Morgan fingerprint density at radius 2 is 1.38 bits per heavy atom. The van der Waals surface area contributed by atoms with Crippen LogP contribution in [0.15, 0.2) is 0 Å². The van der Waals surface area contributed by atoms with Crippen LogP contribution in [0.4, 0.5) is 0 Å². The molecule has 2 fully saturated rings. The molecule has 0 spiro atoms. The molecule has 2 rings (SSSR count). The number of piperidine rings is 1. The Bertz CT molecular complexity index is 254. The first-order chi connectivity index (χ1) is 11.8. The summed E-state index contributed by atoms with van der Waals surface area (Å²) in [5.74, 6) is 0.983. The fraction of sp³-hybridized carbons (Fsp3) is 1.00. The Morgan fingerprint density at radius 3 is 1.96 bits per heavy atom. The fourth-order valence-corrected chi connectivity index (χ4v) is 3.97. The molecule has 2 heterocycles. The van der Waals surface area contributed by atoms with Crippen LogP contribution in [-0.4, -0.2) is 48.6 Å². The number of fused-ring (bicyclic) bond motifs is 1. The van der Waals surface area contributed by atoms with E-state index in [0.29, 0.717) is 0 Å². The Balaban J connectivity index is 0.000000952. The molecule has 2 saturated heterocycles. The SMILES string of the molecule is CC.CCC.CCCCCN1CC2CCCN(CCCCC)C2C1. The highest BCUT2D eigenvalue weighted by atomic mass is 15.3. The van der Waals surface area contributed by atoms with E-state index >= 15 is 0 Å². The van der Waals surface area contributed by atoms with Crippen LogP contribution < -0.4 is 0 Å². The molecule has 2 atom stereocenters. The smallest absolute Gasteiger partial charge is 0.0263 e. The monoisotopic (exact) mass is 340 g/mol. The Kier molecular flexibility index (Phi) is 16.3. The van der Waals surface area contributed by atoms with E-state index in [9.17, 15) is 0 Å². The molecule has 0 amide bonds. The van der Waals surface area contributed by atoms with Crippen LogP contribution in [0.1, 0.15) is 99.3 Å². The summed E-state index contributed by atoms with van der Waals surface area (Å²) >= 11 is 0. The molecule has 0 bridgehead atoms. The predicted molar refractivity (Wildman–Crippen MR) is 111 cm³/mol. The standard InChI is InChI=1S/C17H34N2.C3H8.C2H6/c1-3-5-7-11-18-14-16-10-9-13-19(17(16)15-18)12-8-6-4-2;1-3-2;1-2/h16-17H,3-15H2,1-2H3;3H2,1-2H3;1-2H3. The van der Waals surface area contributed by atoms with Crippen LogP contribution >= 0.6 is 0 Å². The summed E-state index contributed by atoms with van der Waals surface area (Å²) in [7, 11) is 0. The molecule has 2 nitrogen and oxygen atoms in total. The van der Waals surface area contributed by atoms with E-state index in [1.807, 2.05) is 13.8 Å². The lowest BCUT2D eigenvalue weighted by atomic mass is 9.92. The molecule has 0 aromatic rings. The molecule has 0 radical (unpaired) electrons. The third-order valence-corrected chi connectivity index (χ3v) is 5.10. The van der Waals surface area contributed by atoms with Crippen molar-refractivity contribution in [1.82, 2.24) is 9.80 Å². The molecule has 24 heavy (non-hydrogen) atoms. The highest BCUT2D eigenvalue weighted by Gasteiger charge is 2.38. The Labute approximate surface area is 154 Å². The Hall–Kier alpha value is -0.0800. The van der Waals surface area contributed by atoms with Gasteiger partial charge in [0.25, 0.3) is 0 Å². The average molecular weight is 341 g/mol. The summed E-state index contributed by atoms with van der Waals surface area (Å²) < 4.78 is 0. The largest absolute Gasteiger partial charge is 0.301 e. The summed E-state index contributed by atoms with van der Waals surface area (Å²) in [5.41, 5.74) is 0. The van der Waals surface area contributed by atoms with Crippen LogP contribution in [0.2, 0.25) is 0 Å². The first-order valence-electron chi connectivity index (χ1n) is 11.2. The zero-order valence-corrected chi connectivity index (χ0v) is 17.9. The van der Waals surface area contributed by atoms with Crippen molar-refractivity contribution in [3.8, 4) is 0 Å². The minimum Gasteiger partial charge on any atom is -0.301 e. The topological polar surface area (TPSA) is 6.48 Å². The molecule has 0 aliphatic carbocycles. The van der Waals surface area contributed by atoms with E-state index in [4.69, 9.17) is 0 Å². The quantitative estimate of drug-likeness (QED) is 0.485. The number of likely N-dealkylation sites (tertiary alicyclic amines) is 2. The average Bonchev–Trinajstić information content (AvgIpc) is 3.02. The van der Waals surface area contributed by atoms with Crippen molar-refractivity contribution >= 4 is 0 Å². The summed E-state index contributed by atoms with van der Waals surface area (Å²) in [6.07, 6.45) is 12.5. The van der Waals surface area contributed by atoms with Crippen molar-refractivity contribution in [1.29, 1.82) is 0 Å². The maximum absolute atomic E-state index is 2.82. The molecule has 2 heteroatoms. The van der Waals surface area contributed by atoms with Crippen LogP contribution in [0.25, 0.3) is 0 Å². The first-order valence-corrected chi connectivity index (χ1v) is 11.2. The molecule has 2 aliphatic rings. The number of hydrogen-bond donors (Lipinski definition) is 0. The normalized spacial score (nSPS) is 23.8. The van der Waals surface area contributed by atoms with Gasteiger partial charge in [-0.15, -0.1) is 0 Å². The lowest BCUT2D eigenvalue weighted by Gasteiger charge is -2.37. The molecule has 2 unspecified atom stereocenters. The van der Waals surface area contributed by atoms with E-state index in [2.05, 4.69) is 37.5 Å². The maximum atomic E-state index is 2.82. The van der Waals surface area contributed by atoms with Crippen molar-refractivity contribution in [2.75, 3.05) is 32.7 Å². The van der Waals surface area contributed by atoms with Crippen LogP contribution in [0.3, 0.4) is 0 Å². The first kappa shape index (κ1) is 23.9. The lowest BCUT2D eigenvalue weighted by Crippen LogP contribution is -2.45. The number of unbranched alkanes of at least 4 members (excludes halogenated alkanes) is 4. The summed E-state index contributed by atoms with van der Waals surface area (Å²) in [6, 6.07) is 0.896. The van der Waals surface area contributed by atoms with Gasteiger partial charge in [0.15, 0.2) is 0 Å². The maximum Gasteiger partial charge on any atom is 0.0263 e. The second-order valence-electron chi connectivity index (χ2n) is 7.39. The van der Waals surface area contributed by atoms with E-state index < -0.39 is 0 Å². The molecule has 0 N–H and O–H groups in total. The van der Waals surface area contributed by atoms with Crippen LogP contribution in [0.5, 0.6) is 0 Å². The molecule has 0 saturated carbocycles. The number of rotatable bonds is 8. The van der Waals surface area contributed by atoms with Gasteiger partial charge in [-0.25, -0.2) is 0 Å². The fourth-order valence-electron chi connectivity index (χ4n) is 3.97. The molecular weight excluding hydrogens is 292 g/mol. The van der Waals surface area contributed by atoms with Gasteiger partial charge in [-0.3, -0.25) is 4.90 Å². The highest BCUT2D eigenvalue weighted by Crippen LogP contribution is 2.30. The zero-order valence-electron chi connectivity index (χ0n) is 17.9. The second kappa shape index (κ2) is 16.4. The van der Waals surface area contributed by atoms with Crippen LogP contribution in [0, 0.1) is 5.92 Å².